The average molecular weight is 248 g/mol. The number of aromatic nitrogens is 3. The SMILES string of the molecule is Clc1nsc(-c2ccc3ncccc3c2)n1. The van der Waals surface area contributed by atoms with Crippen molar-refractivity contribution in [2.75, 3.05) is 0 Å². The van der Waals surface area contributed by atoms with Gasteiger partial charge in [-0.05, 0) is 47.4 Å². The summed E-state index contributed by atoms with van der Waals surface area (Å²) >= 11 is 7.00. The van der Waals surface area contributed by atoms with Gasteiger partial charge in [0.25, 0.3) is 0 Å². The minimum atomic E-state index is 0.297. The lowest BCUT2D eigenvalue weighted by molar-refractivity contribution is 1.33. The summed E-state index contributed by atoms with van der Waals surface area (Å²) in [6.45, 7) is 0. The summed E-state index contributed by atoms with van der Waals surface area (Å²) in [5.74, 6) is 0. The van der Waals surface area contributed by atoms with Gasteiger partial charge in [-0.1, -0.05) is 6.07 Å². The highest BCUT2D eigenvalue weighted by atomic mass is 35.5. The van der Waals surface area contributed by atoms with Gasteiger partial charge in [0.15, 0.2) is 0 Å². The highest BCUT2D eigenvalue weighted by Gasteiger charge is 2.05. The normalized spacial score (nSPS) is 10.8. The quantitative estimate of drug-likeness (QED) is 0.662. The molecule has 16 heavy (non-hydrogen) atoms. The molecule has 0 fully saturated rings. The Bertz CT molecular complexity index is 650. The molecule has 0 aliphatic carbocycles. The van der Waals surface area contributed by atoms with Crippen molar-refractivity contribution in [3.8, 4) is 10.6 Å². The zero-order valence-corrected chi connectivity index (χ0v) is 9.66. The second-order valence-corrected chi connectivity index (χ2v) is 4.37. The summed E-state index contributed by atoms with van der Waals surface area (Å²) in [6, 6.07) is 9.93. The second-order valence-electron chi connectivity index (χ2n) is 3.28. The third-order valence-electron chi connectivity index (χ3n) is 2.25. The fourth-order valence-corrected chi connectivity index (χ4v) is 2.33. The van der Waals surface area contributed by atoms with Crippen molar-refractivity contribution in [1.82, 2.24) is 14.3 Å². The Morgan fingerprint density at radius 2 is 2.12 bits per heavy atom. The molecule has 5 heteroatoms. The number of nitrogens with zero attached hydrogens (tertiary/aromatic N) is 3. The first kappa shape index (κ1) is 9.69. The first-order valence-corrected chi connectivity index (χ1v) is 5.82. The highest BCUT2D eigenvalue weighted by Crippen LogP contribution is 2.25. The largest absolute Gasteiger partial charge is 0.256 e. The van der Waals surface area contributed by atoms with E-state index in [1.165, 1.54) is 11.5 Å². The Morgan fingerprint density at radius 3 is 2.94 bits per heavy atom. The number of hydrogen-bond donors (Lipinski definition) is 0. The van der Waals surface area contributed by atoms with Crippen molar-refractivity contribution >= 4 is 34.0 Å². The molecule has 3 nitrogen and oxygen atoms in total. The Kier molecular flexibility index (Phi) is 2.31. The van der Waals surface area contributed by atoms with E-state index in [0.717, 1.165) is 21.5 Å². The van der Waals surface area contributed by atoms with Gasteiger partial charge in [0.2, 0.25) is 5.28 Å². The minimum absolute atomic E-state index is 0.297. The summed E-state index contributed by atoms with van der Waals surface area (Å²) in [7, 11) is 0. The van der Waals surface area contributed by atoms with Crippen LogP contribution in [0.4, 0.5) is 0 Å². The van der Waals surface area contributed by atoms with Gasteiger partial charge in [0, 0.05) is 17.1 Å². The van der Waals surface area contributed by atoms with Crippen LogP contribution < -0.4 is 0 Å². The van der Waals surface area contributed by atoms with E-state index in [1.54, 1.807) is 6.20 Å². The smallest absolute Gasteiger partial charge is 0.234 e. The summed E-state index contributed by atoms with van der Waals surface area (Å²) < 4.78 is 3.95. The summed E-state index contributed by atoms with van der Waals surface area (Å²) in [5.41, 5.74) is 1.99. The van der Waals surface area contributed by atoms with Crippen LogP contribution in [0.15, 0.2) is 36.5 Å². The molecule has 0 N–H and O–H groups in total. The van der Waals surface area contributed by atoms with Gasteiger partial charge >= 0.3 is 0 Å². The summed E-state index contributed by atoms with van der Waals surface area (Å²) in [4.78, 5) is 8.40. The summed E-state index contributed by atoms with van der Waals surface area (Å²) in [5, 5.41) is 2.22. The molecule has 1 aromatic carbocycles. The van der Waals surface area contributed by atoms with Gasteiger partial charge in [-0.3, -0.25) is 4.98 Å². The standard InChI is InChI=1S/C11H6ClN3S/c12-11-14-10(16-15-11)8-3-4-9-7(6-8)2-1-5-13-9/h1-6H. The average Bonchev–Trinajstić information content (AvgIpc) is 2.75. The molecule has 0 aliphatic rings. The molecule has 78 valence electrons. The number of hydrogen-bond acceptors (Lipinski definition) is 4. The Hall–Kier alpha value is -1.52. The molecule has 2 heterocycles. The third-order valence-corrected chi connectivity index (χ3v) is 3.28. The van der Waals surface area contributed by atoms with E-state index in [0.29, 0.717) is 5.28 Å². The number of pyridine rings is 1. The number of rotatable bonds is 1. The van der Waals surface area contributed by atoms with Crippen molar-refractivity contribution in [2.24, 2.45) is 0 Å². The molecular formula is C11H6ClN3S. The van der Waals surface area contributed by atoms with E-state index in [2.05, 4.69) is 14.3 Å². The van der Waals surface area contributed by atoms with E-state index in [9.17, 15) is 0 Å². The zero-order chi connectivity index (χ0) is 11.0. The molecule has 0 amide bonds. The molecular weight excluding hydrogens is 242 g/mol. The second kappa shape index (κ2) is 3.81. The monoisotopic (exact) mass is 247 g/mol. The molecule has 0 spiro atoms. The Balaban J connectivity index is 2.18. The lowest BCUT2D eigenvalue weighted by atomic mass is 10.1. The molecule has 3 aromatic rings. The molecule has 0 aliphatic heterocycles. The Labute approximate surface area is 101 Å². The molecule has 0 radical (unpaired) electrons. The van der Waals surface area contributed by atoms with E-state index in [4.69, 9.17) is 11.6 Å². The molecule has 0 saturated carbocycles. The minimum Gasteiger partial charge on any atom is -0.256 e. The van der Waals surface area contributed by atoms with Crippen molar-refractivity contribution in [2.45, 2.75) is 0 Å². The van der Waals surface area contributed by atoms with Crippen molar-refractivity contribution in [3.63, 3.8) is 0 Å². The van der Waals surface area contributed by atoms with E-state index in [1.807, 2.05) is 30.3 Å². The molecule has 0 bridgehead atoms. The molecule has 0 unspecified atom stereocenters. The van der Waals surface area contributed by atoms with Gasteiger partial charge in [-0.25, -0.2) is 4.98 Å². The zero-order valence-electron chi connectivity index (χ0n) is 8.09. The van der Waals surface area contributed by atoms with Crippen molar-refractivity contribution in [3.05, 3.63) is 41.8 Å². The fourth-order valence-electron chi connectivity index (χ4n) is 1.53. The van der Waals surface area contributed by atoms with Crippen LogP contribution in [0, 0.1) is 0 Å². The van der Waals surface area contributed by atoms with Crippen molar-refractivity contribution < 1.29 is 0 Å². The van der Waals surface area contributed by atoms with E-state index < -0.39 is 0 Å². The molecule has 0 atom stereocenters. The lowest BCUT2D eigenvalue weighted by Crippen LogP contribution is -1.80. The van der Waals surface area contributed by atoms with Crippen LogP contribution in [0.5, 0.6) is 0 Å². The first-order chi connectivity index (χ1) is 7.83. The first-order valence-electron chi connectivity index (χ1n) is 4.67. The predicted octanol–water partition coefficient (Wildman–Crippen LogP) is 3.41. The van der Waals surface area contributed by atoms with Gasteiger partial charge < -0.3 is 0 Å². The van der Waals surface area contributed by atoms with E-state index in [-0.39, 0.29) is 0 Å². The number of halogens is 1. The maximum Gasteiger partial charge on any atom is 0.234 e. The van der Waals surface area contributed by atoms with Gasteiger partial charge in [0.1, 0.15) is 5.01 Å². The fraction of sp³-hybridized carbons (Fsp3) is 0. The maximum absolute atomic E-state index is 5.70. The van der Waals surface area contributed by atoms with Crippen LogP contribution in [0.1, 0.15) is 0 Å². The van der Waals surface area contributed by atoms with Crippen LogP contribution in [-0.4, -0.2) is 14.3 Å². The highest BCUT2D eigenvalue weighted by molar-refractivity contribution is 7.09. The molecule has 0 saturated heterocycles. The number of fused-ring (bicyclic) bond motifs is 1. The summed E-state index contributed by atoms with van der Waals surface area (Å²) in [6.07, 6.45) is 1.78. The molecule has 3 rings (SSSR count). The van der Waals surface area contributed by atoms with E-state index >= 15 is 0 Å². The maximum atomic E-state index is 5.70. The number of benzene rings is 1. The molecule has 2 aromatic heterocycles. The predicted molar refractivity (Wildman–Crippen MR) is 65.7 cm³/mol. The van der Waals surface area contributed by atoms with Gasteiger partial charge in [-0.2, -0.15) is 4.37 Å². The van der Waals surface area contributed by atoms with Gasteiger partial charge in [-0.15, -0.1) is 0 Å². The van der Waals surface area contributed by atoms with Crippen LogP contribution >= 0.6 is 23.1 Å². The van der Waals surface area contributed by atoms with Crippen LogP contribution in [0.3, 0.4) is 0 Å². The lowest BCUT2D eigenvalue weighted by Gasteiger charge is -1.98. The Morgan fingerprint density at radius 1 is 1.19 bits per heavy atom. The van der Waals surface area contributed by atoms with Crippen LogP contribution in [0.25, 0.3) is 21.5 Å². The van der Waals surface area contributed by atoms with Crippen LogP contribution in [-0.2, 0) is 0 Å². The van der Waals surface area contributed by atoms with Gasteiger partial charge in [0.05, 0.1) is 5.52 Å². The van der Waals surface area contributed by atoms with Crippen molar-refractivity contribution in [1.29, 1.82) is 0 Å². The third kappa shape index (κ3) is 1.66. The van der Waals surface area contributed by atoms with Crippen LogP contribution in [0.2, 0.25) is 5.28 Å². The topological polar surface area (TPSA) is 38.7 Å².